The van der Waals surface area contributed by atoms with Crippen molar-refractivity contribution in [1.29, 1.82) is 0 Å². The van der Waals surface area contributed by atoms with E-state index in [1.54, 1.807) is 25.1 Å². The zero-order valence-electron chi connectivity index (χ0n) is 11.6. The van der Waals surface area contributed by atoms with Crippen molar-refractivity contribution in [3.63, 3.8) is 0 Å². The Balaban J connectivity index is 1.84. The van der Waals surface area contributed by atoms with E-state index in [0.717, 1.165) is 11.1 Å². The van der Waals surface area contributed by atoms with E-state index in [4.69, 9.17) is 0 Å². The maximum Gasteiger partial charge on any atom is 0.319 e. The number of urea groups is 1. The number of hydrogen-bond donors (Lipinski definition) is 2. The van der Waals surface area contributed by atoms with Gasteiger partial charge in [-0.05, 0) is 48.7 Å². The average molecular weight is 290 g/mol. The molecule has 2 amide bonds. The molecule has 0 radical (unpaired) electrons. The largest absolute Gasteiger partial charge is 0.338 e. The molecule has 0 unspecified atom stereocenters. The summed E-state index contributed by atoms with van der Waals surface area (Å²) in [6.07, 6.45) is 0.521. The number of hydrogen-bond acceptors (Lipinski definition) is 1. The molecule has 0 saturated heterocycles. The lowest BCUT2D eigenvalue weighted by molar-refractivity contribution is 0.252. The molecule has 0 spiro atoms. The highest BCUT2D eigenvalue weighted by atomic mass is 19.1. The fourth-order valence-electron chi connectivity index (χ4n) is 1.91. The van der Waals surface area contributed by atoms with Gasteiger partial charge < -0.3 is 10.6 Å². The first-order chi connectivity index (χ1) is 10.0. The molecule has 0 aliphatic rings. The lowest BCUT2D eigenvalue weighted by Crippen LogP contribution is -2.30. The maximum absolute atomic E-state index is 13.1. The van der Waals surface area contributed by atoms with Crippen molar-refractivity contribution in [3.05, 3.63) is 65.2 Å². The number of carbonyl (C=O) groups excluding carboxylic acids is 1. The summed E-state index contributed by atoms with van der Waals surface area (Å²) in [7, 11) is 0. The minimum atomic E-state index is -0.417. The first-order valence-electron chi connectivity index (χ1n) is 6.60. The van der Waals surface area contributed by atoms with Crippen LogP contribution in [0.15, 0.2) is 42.5 Å². The molecule has 21 heavy (non-hydrogen) atoms. The summed E-state index contributed by atoms with van der Waals surface area (Å²) in [5.41, 5.74) is 2.01. The van der Waals surface area contributed by atoms with E-state index in [1.165, 1.54) is 24.3 Å². The van der Waals surface area contributed by atoms with Gasteiger partial charge in [-0.15, -0.1) is 0 Å². The molecule has 0 bridgehead atoms. The summed E-state index contributed by atoms with van der Waals surface area (Å²) >= 11 is 0. The zero-order chi connectivity index (χ0) is 15.2. The van der Waals surface area contributed by atoms with Crippen LogP contribution in [0.5, 0.6) is 0 Å². The second kappa shape index (κ2) is 6.83. The highest BCUT2D eigenvalue weighted by Crippen LogP contribution is 2.15. The second-order valence-corrected chi connectivity index (χ2v) is 4.72. The fraction of sp³-hybridized carbons (Fsp3) is 0.188. The molecule has 0 fully saturated rings. The highest BCUT2D eigenvalue weighted by molar-refractivity contribution is 5.90. The standard InChI is InChI=1S/C16H16F2N2O/c1-11-5-6-14(18)10-15(11)20-16(21)19-8-7-12-3-2-4-13(17)9-12/h2-6,9-10H,7-8H2,1H3,(H2,19,20,21). The molecular formula is C16H16F2N2O. The highest BCUT2D eigenvalue weighted by Gasteiger charge is 2.05. The molecule has 2 N–H and O–H groups in total. The van der Waals surface area contributed by atoms with E-state index in [2.05, 4.69) is 10.6 Å². The van der Waals surface area contributed by atoms with Crippen molar-refractivity contribution in [2.75, 3.05) is 11.9 Å². The van der Waals surface area contributed by atoms with Crippen LogP contribution in [-0.4, -0.2) is 12.6 Å². The molecule has 0 atom stereocenters. The Hall–Kier alpha value is -2.43. The maximum atomic E-state index is 13.1. The Kier molecular flexibility index (Phi) is 4.87. The van der Waals surface area contributed by atoms with E-state index in [1.807, 2.05) is 0 Å². The van der Waals surface area contributed by atoms with E-state index in [0.29, 0.717) is 18.7 Å². The van der Waals surface area contributed by atoms with Gasteiger partial charge in [-0.2, -0.15) is 0 Å². The van der Waals surface area contributed by atoms with Gasteiger partial charge in [0.1, 0.15) is 11.6 Å². The molecule has 0 aliphatic carbocycles. The van der Waals surface area contributed by atoms with Crippen molar-refractivity contribution in [2.45, 2.75) is 13.3 Å². The van der Waals surface area contributed by atoms with Crippen molar-refractivity contribution in [1.82, 2.24) is 5.32 Å². The van der Waals surface area contributed by atoms with Crippen LogP contribution in [0.1, 0.15) is 11.1 Å². The molecule has 2 rings (SSSR count). The van der Waals surface area contributed by atoms with Gasteiger partial charge in [-0.25, -0.2) is 13.6 Å². The molecule has 2 aromatic carbocycles. The molecule has 0 saturated carbocycles. The van der Waals surface area contributed by atoms with Crippen LogP contribution < -0.4 is 10.6 Å². The minimum Gasteiger partial charge on any atom is -0.338 e. The van der Waals surface area contributed by atoms with Gasteiger partial charge in [0, 0.05) is 12.2 Å². The molecule has 2 aromatic rings. The van der Waals surface area contributed by atoms with Gasteiger partial charge in [-0.3, -0.25) is 0 Å². The first-order valence-corrected chi connectivity index (χ1v) is 6.60. The van der Waals surface area contributed by atoms with Gasteiger partial charge in [0.05, 0.1) is 0 Å². The van der Waals surface area contributed by atoms with Crippen LogP contribution in [0, 0.1) is 18.6 Å². The van der Waals surface area contributed by atoms with Crippen LogP contribution in [0.25, 0.3) is 0 Å². The van der Waals surface area contributed by atoms with Crippen LogP contribution in [-0.2, 0) is 6.42 Å². The molecule has 0 heterocycles. The number of anilines is 1. The van der Waals surface area contributed by atoms with Crippen LogP contribution in [0.2, 0.25) is 0 Å². The average Bonchev–Trinajstić information content (AvgIpc) is 2.43. The Bertz CT molecular complexity index is 644. The Morgan fingerprint density at radius 2 is 1.86 bits per heavy atom. The molecule has 110 valence electrons. The number of nitrogens with one attached hydrogen (secondary N) is 2. The Morgan fingerprint density at radius 1 is 1.10 bits per heavy atom. The smallest absolute Gasteiger partial charge is 0.319 e. The van der Waals surface area contributed by atoms with Crippen molar-refractivity contribution in [2.24, 2.45) is 0 Å². The lowest BCUT2D eigenvalue weighted by Gasteiger charge is -2.10. The lowest BCUT2D eigenvalue weighted by atomic mass is 10.1. The third kappa shape index (κ3) is 4.56. The summed E-state index contributed by atoms with van der Waals surface area (Å²) in [6, 6.07) is 9.99. The summed E-state index contributed by atoms with van der Waals surface area (Å²) in [6.45, 7) is 2.14. The van der Waals surface area contributed by atoms with Crippen LogP contribution in [0.3, 0.4) is 0 Å². The zero-order valence-corrected chi connectivity index (χ0v) is 11.6. The van der Waals surface area contributed by atoms with Crippen molar-refractivity contribution < 1.29 is 13.6 Å². The van der Waals surface area contributed by atoms with E-state index >= 15 is 0 Å². The molecule has 3 nitrogen and oxygen atoms in total. The van der Waals surface area contributed by atoms with E-state index in [9.17, 15) is 13.6 Å². The normalized spacial score (nSPS) is 10.2. The Morgan fingerprint density at radius 3 is 2.62 bits per heavy atom. The van der Waals surface area contributed by atoms with E-state index in [-0.39, 0.29) is 5.82 Å². The van der Waals surface area contributed by atoms with E-state index < -0.39 is 11.8 Å². The predicted molar refractivity (Wildman–Crippen MR) is 78.3 cm³/mol. The minimum absolute atomic E-state index is 0.299. The van der Waals surface area contributed by atoms with Gasteiger partial charge in [-0.1, -0.05) is 18.2 Å². The van der Waals surface area contributed by atoms with Crippen molar-refractivity contribution in [3.8, 4) is 0 Å². The number of halogens is 2. The molecular weight excluding hydrogens is 274 g/mol. The number of carbonyl (C=O) groups is 1. The van der Waals surface area contributed by atoms with Crippen molar-refractivity contribution >= 4 is 11.7 Å². The molecule has 0 aliphatic heterocycles. The van der Waals surface area contributed by atoms with Gasteiger partial charge in [0.25, 0.3) is 0 Å². The summed E-state index contributed by atoms with van der Waals surface area (Å²) in [5.74, 6) is -0.706. The van der Waals surface area contributed by atoms with Gasteiger partial charge in [0.15, 0.2) is 0 Å². The summed E-state index contributed by atoms with van der Waals surface area (Å²) < 4.78 is 26.1. The fourth-order valence-corrected chi connectivity index (χ4v) is 1.91. The molecule has 0 aromatic heterocycles. The Labute approximate surface area is 122 Å². The van der Waals surface area contributed by atoms with Gasteiger partial charge in [0.2, 0.25) is 0 Å². The monoisotopic (exact) mass is 290 g/mol. The summed E-state index contributed by atoms with van der Waals surface area (Å²) in [5, 5.41) is 5.24. The first kappa shape index (κ1) is 15.0. The molecule has 5 heteroatoms. The quantitative estimate of drug-likeness (QED) is 0.887. The topological polar surface area (TPSA) is 41.1 Å². The number of aryl methyl sites for hydroxylation is 1. The SMILES string of the molecule is Cc1ccc(F)cc1NC(=O)NCCc1cccc(F)c1. The third-order valence-electron chi connectivity index (χ3n) is 3.04. The second-order valence-electron chi connectivity index (χ2n) is 4.72. The number of benzene rings is 2. The summed E-state index contributed by atoms with van der Waals surface area (Å²) in [4.78, 5) is 11.7. The third-order valence-corrected chi connectivity index (χ3v) is 3.04. The van der Waals surface area contributed by atoms with Crippen LogP contribution >= 0.6 is 0 Å². The number of rotatable bonds is 4. The number of amides is 2. The van der Waals surface area contributed by atoms with Gasteiger partial charge >= 0.3 is 6.03 Å². The van der Waals surface area contributed by atoms with Crippen LogP contribution in [0.4, 0.5) is 19.3 Å². The predicted octanol–water partition coefficient (Wildman–Crippen LogP) is 3.64.